The fourth-order valence-electron chi connectivity index (χ4n) is 2.53. The number of methoxy groups -OCH3 is 2. The van der Waals surface area contributed by atoms with E-state index in [1.807, 2.05) is 31.2 Å². The van der Waals surface area contributed by atoms with Crippen LogP contribution in [0.1, 0.15) is 21.5 Å². The van der Waals surface area contributed by atoms with Gasteiger partial charge in [0.25, 0.3) is 5.91 Å². The van der Waals surface area contributed by atoms with Crippen molar-refractivity contribution in [2.75, 3.05) is 27.3 Å². The summed E-state index contributed by atoms with van der Waals surface area (Å²) in [5.74, 6) is 0.744. The number of aryl methyl sites for hydroxylation is 1. The molecule has 0 aliphatic heterocycles. The van der Waals surface area contributed by atoms with Gasteiger partial charge in [-0.25, -0.2) is 0 Å². The fourth-order valence-corrected chi connectivity index (χ4v) is 2.53. The molecule has 6 nitrogen and oxygen atoms in total. The zero-order valence-electron chi connectivity index (χ0n) is 15.3. The van der Waals surface area contributed by atoms with Gasteiger partial charge in [-0.3, -0.25) is 9.59 Å². The van der Waals surface area contributed by atoms with Gasteiger partial charge in [-0.2, -0.15) is 0 Å². The van der Waals surface area contributed by atoms with E-state index in [1.165, 1.54) is 14.2 Å². The summed E-state index contributed by atoms with van der Waals surface area (Å²) in [4.78, 5) is 24.1. The van der Waals surface area contributed by atoms with Crippen LogP contribution in [0.25, 0.3) is 0 Å². The molecule has 0 unspecified atom stereocenters. The predicted octanol–water partition coefficient (Wildman–Crippen LogP) is 2.10. The van der Waals surface area contributed by atoms with E-state index in [1.54, 1.807) is 18.2 Å². The number of rotatable bonds is 8. The van der Waals surface area contributed by atoms with Gasteiger partial charge in [0.05, 0.1) is 20.6 Å². The number of ether oxygens (including phenoxy) is 2. The van der Waals surface area contributed by atoms with Crippen molar-refractivity contribution in [3.63, 3.8) is 0 Å². The summed E-state index contributed by atoms with van der Waals surface area (Å²) in [6.07, 6.45) is 0.325. The lowest BCUT2D eigenvalue weighted by molar-refractivity contribution is -0.120. The van der Waals surface area contributed by atoms with E-state index < -0.39 is 0 Å². The van der Waals surface area contributed by atoms with E-state index in [2.05, 4.69) is 10.6 Å². The normalized spacial score (nSPS) is 10.1. The van der Waals surface area contributed by atoms with Crippen LogP contribution in [0.4, 0.5) is 0 Å². The number of benzene rings is 2. The number of carbonyl (C=O) groups is 2. The number of hydrogen-bond acceptors (Lipinski definition) is 4. The second kappa shape index (κ2) is 9.46. The summed E-state index contributed by atoms with van der Waals surface area (Å²) in [6, 6.07) is 12.8. The summed E-state index contributed by atoms with van der Waals surface area (Å²) in [6.45, 7) is 2.70. The Labute approximate surface area is 153 Å². The molecule has 0 aliphatic rings. The number of amides is 2. The van der Waals surface area contributed by atoms with Crippen molar-refractivity contribution in [1.29, 1.82) is 0 Å². The van der Waals surface area contributed by atoms with Gasteiger partial charge in [-0.1, -0.05) is 29.8 Å². The van der Waals surface area contributed by atoms with Crippen molar-refractivity contribution in [3.8, 4) is 11.5 Å². The standard InChI is InChI=1S/C20H24N2O4/c1-14-5-4-6-15(11-14)12-19(23)21-9-10-22-20(24)16-7-8-17(25-2)18(13-16)26-3/h4-8,11,13H,9-10,12H2,1-3H3,(H,21,23)(H,22,24). The van der Waals surface area contributed by atoms with E-state index in [9.17, 15) is 9.59 Å². The third kappa shape index (κ3) is 5.51. The molecule has 0 saturated carbocycles. The molecule has 2 amide bonds. The van der Waals surface area contributed by atoms with Crippen LogP contribution < -0.4 is 20.1 Å². The SMILES string of the molecule is COc1ccc(C(=O)NCCNC(=O)Cc2cccc(C)c2)cc1OC. The Hall–Kier alpha value is -3.02. The first kappa shape index (κ1) is 19.3. The molecule has 0 atom stereocenters. The first-order valence-electron chi connectivity index (χ1n) is 8.36. The Morgan fingerprint density at radius 2 is 1.65 bits per heavy atom. The van der Waals surface area contributed by atoms with Crippen molar-refractivity contribution in [2.24, 2.45) is 0 Å². The molecule has 0 heterocycles. The van der Waals surface area contributed by atoms with Gasteiger partial charge in [0, 0.05) is 18.7 Å². The summed E-state index contributed by atoms with van der Waals surface area (Å²) in [5.41, 5.74) is 2.56. The maximum atomic E-state index is 12.2. The van der Waals surface area contributed by atoms with E-state index >= 15 is 0 Å². The molecule has 2 aromatic carbocycles. The van der Waals surface area contributed by atoms with Gasteiger partial charge in [0.1, 0.15) is 0 Å². The molecule has 0 radical (unpaired) electrons. The quantitative estimate of drug-likeness (QED) is 0.710. The predicted molar refractivity (Wildman–Crippen MR) is 99.8 cm³/mol. The van der Waals surface area contributed by atoms with Gasteiger partial charge in [-0.15, -0.1) is 0 Å². The highest BCUT2D eigenvalue weighted by atomic mass is 16.5. The van der Waals surface area contributed by atoms with Gasteiger partial charge in [0.15, 0.2) is 11.5 Å². The average molecular weight is 356 g/mol. The molecule has 2 rings (SSSR count). The third-order valence-electron chi connectivity index (χ3n) is 3.83. The zero-order chi connectivity index (χ0) is 18.9. The topological polar surface area (TPSA) is 76.7 Å². The Morgan fingerprint density at radius 3 is 2.35 bits per heavy atom. The van der Waals surface area contributed by atoms with Crippen molar-refractivity contribution >= 4 is 11.8 Å². The number of hydrogen-bond donors (Lipinski definition) is 2. The van der Waals surface area contributed by atoms with Crippen LogP contribution in [-0.2, 0) is 11.2 Å². The minimum absolute atomic E-state index is 0.0732. The van der Waals surface area contributed by atoms with E-state index in [-0.39, 0.29) is 11.8 Å². The third-order valence-corrected chi connectivity index (χ3v) is 3.83. The van der Waals surface area contributed by atoms with Gasteiger partial charge >= 0.3 is 0 Å². The van der Waals surface area contributed by atoms with E-state index in [0.29, 0.717) is 36.6 Å². The Morgan fingerprint density at radius 1 is 0.923 bits per heavy atom. The van der Waals surface area contributed by atoms with E-state index in [0.717, 1.165) is 11.1 Å². The molecule has 2 N–H and O–H groups in total. The maximum Gasteiger partial charge on any atom is 0.251 e. The smallest absolute Gasteiger partial charge is 0.251 e. The van der Waals surface area contributed by atoms with Crippen LogP contribution in [-0.4, -0.2) is 39.1 Å². The van der Waals surface area contributed by atoms with Crippen molar-refractivity contribution < 1.29 is 19.1 Å². The highest BCUT2D eigenvalue weighted by Gasteiger charge is 2.10. The summed E-state index contributed by atoms with van der Waals surface area (Å²) >= 11 is 0. The van der Waals surface area contributed by atoms with Crippen molar-refractivity contribution in [3.05, 3.63) is 59.2 Å². The Kier molecular flexibility index (Phi) is 7.02. The van der Waals surface area contributed by atoms with Crippen LogP contribution in [0.15, 0.2) is 42.5 Å². The fraction of sp³-hybridized carbons (Fsp3) is 0.300. The molecule has 0 spiro atoms. The molecule has 6 heteroatoms. The van der Waals surface area contributed by atoms with E-state index in [4.69, 9.17) is 9.47 Å². The lowest BCUT2D eigenvalue weighted by Crippen LogP contribution is -2.35. The largest absolute Gasteiger partial charge is 0.493 e. The molecule has 138 valence electrons. The van der Waals surface area contributed by atoms with Gasteiger partial charge in [-0.05, 0) is 30.7 Å². The highest BCUT2D eigenvalue weighted by molar-refractivity contribution is 5.94. The summed E-state index contributed by atoms with van der Waals surface area (Å²) in [5, 5.41) is 5.57. The lowest BCUT2D eigenvalue weighted by Gasteiger charge is -2.10. The van der Waals surface area contributed by atoms with Crippen LogP contribution >= 0.6 is 0 Å². The second-order valence-corrected chi connectivity index (χ2v) is 5.84. The molecule has 0 aliphatic carbocycles. The van der Waals surface area contributed by atoms with Gasteiger partial charge in [0.2, 0.25) is 5.91 Å². The minimum Gasteiger partial charge on any atom is -0.493 e. The summed E-state index contributed by atoms with van der Waals surface area (Å²) < 4.78 is 10.3. The van der Waals surface area contributed by atoms with Crippen LogP contribution in [0.5, 0.6) is 11.5 Å². The van der Waals surface area contributed by atoms with Crippen molar-refractivity contribution in [1.82, 2.24) is 10.6 Å². The Balaban J connectivity index is 1.77. The average Bonchev–Trinajstić information content (AvgIpc) is 2.64. The first-order valence-corrected chi connectivity index (χ1v) is 8.36. The molecule has 0 fully saturated rings. The summed E-state index contributed by atoms with van der Waals surface area (Å²) in [7, 11) is 3.06. The van der Waals surface area contributed by atoms with Crippen molar-refractivity contribution in [2.45, 2.75) is 13.3 Å². The highest BCUT2D eigenvalue weighted by Crippen LogP contribution is 2.27. The van der Waals surface area contributed by atoms with Crippen LogP contribution in [0.2, 0.25) is 0 Å². The molecule has 0 aromatic heterocycles. The van der Waals surface area contributed by atoms with Crippen LogP contribution in [0.3, 0.4) is 0 Å². The number of carbonyl (C=O) groups excluding carboxylic acids is 2. The zero-order valence-corrected chi connectivity index (χ0v) is 15.3. The lowest BCUT2D eigenvalue weighted by atomic mass is 10.1. The first-order chi connectivity index (χ1) is 12.5. The second-order valence-electron chi connectivity index (χ2n) is 5.84. The molecular weight excluding hydrogens is 332 g/mol. The maximum absolute atomic E-state index is 12.2. The minimum atomic E-state index is -0.237. The monoisotopic (exact) mass is 356 g/mol. The Bertz CT molecular complexity index is 774. The molecule has 26 heavy (non-hydrogen) atoms. The molecule has 0 bridgehead atoms. The molecular formula is C20H24N2O4. The van der Waals surface area contributed by atoms with Gasteiger partial charge < -0.3 is 20.1 Å². The number of nitrogens with one attached hydrogen (secondary N) is 2. The molecule has 0 saturated heterocycles. The van der Waals surface area contributed by atoms with Crippen LogP contribution in [0, 0.1) is 6.92 Å². The molecule has 2 aromatic rings.